The lowest BCUT2D eigenvalue weighted by Gasteiger charge is -2.16. The van der Waals surface area contributed by atoms with Crippen molar-refractivity contribution in [3.8, 4) is 0 Å². The minimum atomic E-state index is -0.0218. The molecule has 0 aliphatic heterocycles. The number of nitrogens with one attached hydrogen (secondary N) is 1. The van der Waals surface area contributed by atoms with Crippen LogP contribution < -0.4 is 5.32 Å². The Morgan fingerprint density at radius 2 is 2.05 bits per heavy atom. The zero-order valence-corrected chi connectivity index (χ0v) is 12.2. The Kier molecular flexibility index (Phi) is 3.61. The van der Waals surface area contributed by atoms with Crippen LogP contribution in [0.4, 0.5) is 0 Å². The van der Waals surface area contributed by atoms with Crippen LogP contribution in [0.15, 0.2) is 43.0 Å². The first-order chi connectivity index (χ1) is 9.70. The molecule has 0 bridgehead atoms. The third-order valence-electron chi connectivity index (χ3n) is 3.23. The molecule has 0 radical (unpaired) electrons. The van der Waals surface area contributed by atoms with Gasteiger partial charge in [0.2, 0.25) is 0 Å². The summed E-state index contributed by atoms with van der Waals surface area (Å²) in [7, 11) is 1.90. The van der Waals surface area contributed by atoms with Gasteiger partial charge in [0.15, 0.2) is 0 Å². The maximum absolute atomic E-state index is 6.10. The number of aromatic nitrogens is 3. The number of hydrogen-bond acceptors (Lipinski definition) is 3. The number of rotatable bonds is 3. The van der Waals surface area contributed by atoms with Gasteiger partial charge < -0.3 is 5.32 Å². The largest absolute Gasteiger partial charge is 0.309 e. The highest BCUT2D eigenvalue weighted by Crippen LogP contribution is 2.30. The Balaban J connectivity index is 2.11. The Morgan fingerprint density at radius 1 is 1.20 bits per heavy atom. The molecule has 1 unspecified atom stereocenters. The summed E-state index contributed by atoms with van der Waals surface area (Å²) in [6, 6.07) is 5.60. The van der Waals surface area contributed by atoms with Gasteiger partial charge in [0.25, 0.3) is 0 Å². The summed E-state index contributed by atoms with van der Waals surface area (Å²) in [6.07, 6.45) is 7.16. The molecule has 2 heterocycles. The summed E-state index contributed by atoms with van der Waals surface area (Å²) in [6.45, 7) is 0. The standard InChI is InChI=1S/C14H12Cl2N4/c1-17-14(9-2-3-11(15)12(16)6-9)10-7-19-20-5-4-18-8-13(10)20/h2-8,14,17H,1H3. The summed E-state index contributed by atoms with van der Waals surface area (Å²) < 4.78 is 1.80. The number of benzene rings is 1. The molecule has 0 saturated heterocycles. The second-order valence-corrected chi connectivity index (χ2v) is 5.22. The van der Waals surface area contributed by atoms with Gasteiger partial charge in [0.05, 0.1) is 34.0 Å². The van der Waals surface area contributed by atoms with Gasteiger partial charge in [0.1, 0.15) is 0 Å². The molecule has 0 spiro atoms. The van der Waals surface area contributed by atoms with E-state index in [9.17, 15) is 0 Å². The molecular weight excluding hydrogens is 295 g/mol. The van der Waals surface area contributed by atoms with Crippen molar-refractivity contribution in [1.29, 1.82) is 0 Å². The van der Waals surface area contributed by atoms with Gasteiger partial charge in [-0.25, -0.2) is 4.52 Å². The summed E-state index contributed by atoms with van der Waals surface area (Å²) >= 11 is 12.1. The highest BCUT2D eigenvalue weighted by Gasteiger charge is 2.17. The fraction of sp³-hybridized carbons (Fsp3) is 0.143. The van der Waals surface area contributed by atoms with Gasteiger partial charge in [-0.15, -0.1) is 0 Å². The van der Waals surface area contributed by atoms with Crippen LogP contribution >= 0.6 is 23.2 Å². The van der Waals surface area contributed by atoms with Gasteiger partial charge in [-0.1, -0.05) is 29.3 Å². The molecule has 4 nitrogen and oxygen atoms in total. The van der Waals surface area contributed by atoms with Gasteiger partial charge in [-0.2, -0.15) is 5.10 Å². The van der Waals surface area contributed by atoms with Crippen molar-refractivity contribution in [2.75, 3.05) is 7.05 Å². The van der Waals surface area contributed by atoms with Crippen molar-refractivity contribution in [2.45, 2.75) is 6.04 Å². The zero-order valence-electron chi connectivity index (χ0n) is 10.7. The normalized spacial score (nSPS) is 12.8. The SMILES string of the molecule is CNC(c1ccc(Cl)c(Cl)c1)c1cnn2ccncc12. The number of hydrogen-bond donors (Lipinski definition) is 1. The lowest BCUT2D eigenvalue weighted by Crippen LogP contribution is -2.17. The fourth-order valence-corrected chi connectivity index (χ4v) is 2.58. The van der Waals surface area contributed by atoms with Crippen LogP contribution in [0.25, 0.3) is 5.52 Å². The monoisotopic (exact) mass is 306 g/mol. The molecule has 20 heavy (non-hydrogen) atoms. The van der Waals surface area contributed by atoms with Crippen molar-refractivity contribution in [1.82, 2.24) is 19.9 Å². The lowest BCUT2D eigenvalue weighted by molar-refractivity contribution is 0.696. The fourth-order valence-electron chi connectivity index (χ4n) is 2.27. The second kappa shape index (κ2) is 5.40. The molecule has 2 aromatic heterocycles. The Bertz CT molecular complexity index is 754. The molecule has 3 rings (SSSR count). The molecule has 1 atom stereocenters. The average Bonchev–Trinajstić information content (AvgIpc) is 2.88. The van der Waals surface area contributed by atoms with Gasteiger partial charge in [-0.05, 0) is 24.7 Å². The van der Waals surface area contributed by atoms with E-state index >= 15 is 0 Å². The number of nitrogens with zero attached hydrogens (tertiary/aromatic N) is 3. The molecule has 0 aliphatic carbocycles. The minimum absolute atomic E-state index is 0.0218. The Labute approximate surface area is 126 Å². The molecule has 0 amide bonds. The van der Waals surface area contributed by atoms with Crippen molar-refractivity contribution in [3.63, 3.8) is 0 Å². The van der Waals surface area contributed by atoms with E-state index in [1.54, 1.807) is 23.0 Å². The van der Waals surface area contributed by atoms with E-state index < -0.39 is 0 Å². The molecular formula is C14H12Cl2N4. The molecule has 1 aromatic carbocycles. The van der Waals surface area contributed by atoms with Crippen LogP contribution in [0.5, 0.6) is 0 Å². The first-order valence-electron chi connectivity index (χ1n) is 6.10. The zero-order chi connectivity index (χ0) is 14.1. The van der Waals surface area contributed by atoms with Crippen molar-refractivity contribution < 1.29 is 0 Å². The van der Waals surface area contributed by atoms with Gasteiger partial charge in [-0.3, -0.25) is 4.98 Å². The van der Waals surface area contributed by atoms with Crippen molar-refractivity contribution in [2.24, 2.45) is 0 Å². The van der Waals surface area contributed by atoms with Gasteiger partial charge >= 0.3 is 0 Å². The third kappa shape index (κ3) is 2.26. The summed E-state index contributed by atoms with van der Waals surface area (Å²) in [5, 5.41) is 8.70. The van der Waals surface area contributed by atoms with Crippen LogP contribution in [0, 0.1) is 0 Å². The summed E-state index contributed by atoms with van der Waals surface area (Å²) in [5.41, 5.74) is 3.03. The van der Waals surface area contributed by atoms with E-state index in [4.69, 9.17) is 23.2 Å². The molecule has 3 aromatic rings. The topological polar surface area (TPSA) is 42.2 Å². The third-order valence-corrected chi connectivity index (χ3v) is 3.97. The highest BCUT2D eigenvalue weighted by atomic mass is 35.5. The summed E-state index contributed by atoms with van der Waals surface area (Å²) in [4.78, 5) is 4.15. The second-order valence-electron chi connectivity index (χ2n) is 4.40. The number of fused-ring (bicyclic) bond motifs is 1. The van der Waals surface area contributed by atoms with Crippen molar-refractivity contribution in [3.05, 3.63) is 64.2 Å². The molecule has 102 valence electrons. The number of halogens is 2. The van der Waals surface area contributed by atoms with E-state index in [0.29, 0.717) is 10.0 Å². The quantitative estimate of drug-likeness (QED) is 0.807. The van der Waals surface area contributed by atoms with Crippen LogP contribution in [0.1, 0.15) is 17.2 Å². The maximum atomic E-state index is 6.10. The molecule has 1 N–H and O–H groups in total. The van der Waals surface area contributed by atoms with E-state index in [1.807, 2.05) is 31.6 Å². The predicted octanol–water partition coefficient (Wildman–Crippen LogP) is 3.34. The van der Waals surface area contributed by atoms with Crippen LogP contribution in [0.2, 0.25) is 10.0 Å². The van der Waals surface area contributed by atoms with E-state index in [2.05, 4.69) is 15.4 Å². The van der Waals surface area contributed by atoms with Gasteiger partial charge in [0, 0.05) is 18.0 Å². The summed E-state index contributed by atoms with van der Waals surface area (Å²) in [5.74, 6) is 0. The minimum Gasteiger partial charge on any atom is -0.309 e. The first-order valence-corrected chi connectivity index (χ1v) is 6.86. The van der Waals surface area contributed by atoms with E-state index in [1.165, 1.54) is 0 Å². The van der Waals surface area contributed by atoms with E-state index in [0.717, 1.165) is 16.6 Å². The Morgan fingerprint density at radius 3 is 2.80 bits per heavy atom. The highest BCUT2D eigenvalue weighted by molar-refractivity contribution is 6.42. The molecule has 0 aliphatic rings. The maximum Gasteiger partial charge on any atom is 0.0896 e. The first kappa shape index (κ1) is 13.4. The predicted molar refractivity (Wildman–Crippen MR) is 80.4 cm³/mol. The van der Waals surface area contributed by atoms with Crippen LogP contribution in [-0.2, 0) is 0 Å². The molecule has 0 saturated carbocycles. The molecule has 0 fully saturated rings. The van der Waals surface area contributed by atoms with Crippen LogP contribution in [-0.4, -0.2) is 21.6 Å². The lowest BCUT2D eigenvalue weighted by atomic mass is 10.0. The Hall–Kier alpha value is -1.62. The van der Waals surface area contributed by atoms with E-state index in [-0.39, 0.29) is 6.04 Å². The molecule has 6 heteroatoms. The average molecular weight is 307 g/mol. The van der Waals surface area contributed by atoms with Crippen molar-refractivity contribution >= 4 is 28.7 Å². The van der Waals surface area contributed by atoms with Crippen LogP contribution in [0.3, 0.4) is 0 Å². The smallest absolute Gasteiger partial charge is 0.0896 e.